The second-order valence-electron chi connectivity index (χ2n) is 16.0. The number of hydrogen-bond donors (Lipinski definition) is 0. The van der Waals surface area contributed by atoms with Crippen LogP contribution < -0.4 is 10.1 Å². The van der Waals surface area contributed by atoms with E-state index in [0.717, 1.165) is 0 Å². The van der Waals surface area contributed by atoms with E-state index >= 15 is 0 Å². The lowest BCUT2D eigenvalue weighted by Crippen LogP contribution is -2.40. The standard InChI is InChI=1S/C52H39NSi/c1-54(2,3)48-28-16-15-27-47(48)53(35-17-5-4-6-18-35)36-30-32-37-34(33-36)29-31-44-49-42-23-9-7-19-38(42)39-20-8-10-24-43(39)51(49)52(50(37)44)45-25-13-11-21-40(45)41-22-12-14-26-46(41)52/h4-33H,1-3H3. The summed E-state index contributed by atoms with van der Waals surface area (Å²) >= 11 is 0. The number of rotatable bonds is 4. The molecule has 2 heteroatoms. The molecule has 0 bridgehead atoms. The maximum absolute atomic E-state index is 2.48. The monoisotopic (exact) mass is 705 g/mol. The average Bonchev–Trinajstić information content (AvgIpc) is 3.69. The summed E-state index contributed by atoms with van der Waals surface area (Å²) in [6, 6.07) is 68.5. The molecule has 0 saturated heterocycles. The van der Waals surface area contributed by atoms with Crippen LogP contribution in [0.3, 0.4) is 0 Å². The summed E-state index contributed by atoms with van der Waals surface area (Å²) in [6.07, 6.45) is 0. The zero-order valence-electron chi connectivity index (χ0n) is 30.8. The summed E-state index contributed by atoms with van der Waals surface area (Å²) in [5.74, 6) is 0. The summed E-state index contributed by atoms with van der Waals surface area (Å²) in [7, 11) is -1.69. The van der Waals surface area contributed by atoms with Gasteiger partial charge in [-0.2, -0.15) is 0 Å². The third kappa shape index (κ3) is 4.15. The predicted molar refractivity (Wildman–Crippen MR) is 233 cm³/mol. The first-order valence-electron chi connectivity index (χ1n) is 19.1. The van der Waals surface area contributed by atoms with E-state index in [0.29, 0.717) is 0 Å². The second-order valence-corrected chi connectivity index (χ2v) is 21.1. The highest BCUT2D eigenvalue weighted by Gasteiger charge is 2.53. The Morgan fingerprint density at radius 3 is 1.69 bits per heavy atom. The fourth-order valence-corrected chi connectivity index (χ4v) is 11.6. The fourth-order valence-electron chi connectivity index (χ4n) is 10.1. The van der Waals surface area contributed by atoms with Gasteiger partial charge in [-0.1, -0.05) is 171 Å². The molecule has 0 atom stereocenters. The van der Waals surface area contributed by atoms with Crippen molar-refractivity contribution in [3.05, 3.63) is 204 Å². The molecular formula is C52H39NSi. The summed E-state index contributed by atoms with van der Waals surface area (Å²) in [6.45, 7) is 7.33. The van der Waals surface area contributed by atoms with Crippen LogP contribution in [0.2, 0.25) is 19.6 Å². The van der Waals surface area contributed by atoms with Crippen LogP contribution in [0.25, 0.3) is 54.6 Å². The van der Waals surface area contributed by atoms with Crippen LogP contribution in [-0.2, 0) is 5.41 Å². The van der Waals surface area contributed by atoms with Crippen LogP contribution in [0.15, 0.2) is 182 Å². The molecule has 1 nitrogen and oxygen atoms in total. The Bertz CT molecular complexity index is 2940. The highest BCUT2D eigenvalue weighted by atomic mass is 28.3. The number of fused-ring (bicyclic) bond motifs is 17. The van der Waals surface area contributed by atoms with E-state index < -0.39 is 13.5 Å². The molecule has 1 spiro atoms. The van der Waals surface area contributed by atoms with Crippen LogP contribution in [0.5, 0.6) is 0 Å². The molecule has 0 amide bonds. The van der Waals surface area contributed by atoms with Gasteiger partial charge in [-0.3, -0.25) is 0 Å². The SMILES string of the molecule is C[Si](C)(C)c1ccccc1N(c1ccccc1)c1ccc2c3c(ccc2c1)-c1c(c2ccccc2c2ccccc12)C31c2ccccc2-c2ccccc21. The third-order valence-corrected chi connectivity index (χ3v) is 14.2. The van der Waals surface area contributed by atoms with E-state index in [1.165, 1.54) is 99.1 Å². The Balaban J connectivity index is 1.27. The molecule has 9 aromatic rings. The van der Waals surface area contributed by atoms with Crippen molar-refractivity contribution in [2.75, 3.05) is 4.90 Å². The molecule has 0 aromatic heterocycles. The van der Waals surface area contributed by atoms with E-state index in [4.69, 9.17) is 0 Å². The molecule has 2 aliphatic carbocycles. The minimum absolute atomic E-state index is 0.480. The van der Waals surface area contributed by atoms with Crippen molar-refractivity contribution >= 4 is 62.6 Å². The van der Waals surface area contributed by atoms with Gasteiger partial charge >= 0.3 is 0 Å². The smallest absolute Gasteiger partial charge is 0.0803 e. The van der Waals surface area contributed by atoms with Gasteiger partial charge < -0.3 is 4.90 Å². The predicted octanol–water partition coefficient (Wildman–Crippen LogP) is 13.5. The van der Waals surface area contributed by atoms with Crippen molar-refractivity contribution in [3.63, 3.8) is 0 Å². The zero-order chi connectivity index (χ0) is 36.2. The normalized spacial score (nSPS) is 13.6. The summed E-state index contributed by atoms with van der Waals surface area (Å²) in [4.78, 5) is 2.48. The molecule has 0 fully saturated rings. The fraction of sp³-hybridized carbons (Fsp3) is 0.0769. The summed E-state index contributed by atoms with van der Waals surface area (Å²) < 4.78 is 0. The van der Waals surface area contributed by atoms with E-state index in [-0.39, 0.29) is 0 Å². The van der Waals surface area contributed by atoms with Crippen LogP contribution in [-0.4, -0.2) is 8.07 Å². The quantitative estimate of drug-likeness (QED) is 0.130. The molecule has 0 radical (unpaired) electrons. The van der Waals surface area contributed by atoms with E-state index in [1.54, 1.807) is 0 Å². The second kappa shape index (κ2) is 11.4. The first-order valence-corrected chi connectivity index (χ1v) is 22.6. The average molecular weight is 706 g/mol. The Hall–Kier alpha value is -6.22. The first kappa shape index (κ1) is 31.3. The molecule has 0 saturated carbocycles. The molecule has 0 unspecified atom stereocenters. The van der Waals surface area contributed by atoms with Crippen molar-refractivity contribution in [1.82, 2.24) is 0 Å². The Kier molecular flexibility index (Phi) is 6.60. The van der Waals surface area contributed by atoms with E-state index in [1.807, 2.05) is 0 Å². The number of anilines is 3. The van der Waals surface area contributed by atoms with Gasteiger partial charge in [-0.15, -0.1) is 0 Å². The van der Waals surface area contributed by atoms with E-state index in [9.17, 15) is 0 Å². The maximum Gasteiger partial charge on any atom is 0.0803 e. The lowest BCUT2D eigenvalue weighted by atomic mass is 9.68. The van der Waals surface area contributed by atoms with Gasteiger partial charge in [0.2, 0.25) is 0 Å². The summed E-state index contributed by atoms with van der Waals surface area (Å²) in [5.41, 5.74) is 14.1. The highest BCUT2D eigenvalue weighted by Crippen LogP contribution is 2.66. The Morgan fingerprint density at radius 1 is 0.407 bits per heavy atom. The van der Waals surface area contributed by atoms with Crippen LogP contribution >= 0.6 is 0 Å². The van der Waals surface area contributed by atoms with Crippen LogP contribution in [0.4, 0.5) is 17.1 Å². The zero-order valence-corrected chi connectivity index (χ0v) is 31.8. The number of para-hydroxylation sites is 2. The third-order valence-electron chi connectivity index (χ3n) is 12.1. The Labute approximate surface area is 317 Å². The summed E-state index contributed by atoms with van der Waals surface area (Å²) in [5, 5.41) is 9.28. The lowest BCUT2D eigenvalue weighted by molar-refractivity contribution is 0.809. The van der Waals surface area contributed by atoms with Crippen molar-refractivity contribution in [2.24, 2.45) is 0 Å². The molecule has 256 valence electrons. The van der Waals surface area contributed by atoms with Crippen molar-refractivity contribution in [1.29, 1.82) is 0 Å². The molecule has 9 aromatic carbocycles. The number of benzene rings is 9. The molecule has 2 aliphatic rings. The van der Waals surface area contributed by atoms with Crippen LogP contribution in [0.1, 0.15) is 22.3 Å². The molecule has 54 heavy (non-hydrogen) atoms. The van der Waals surface area contributed by atoms with E-state index in [2.05, 4.69) is 207 Å². The van der Waals surface area contributed by atoms with Gasteiger partial charge in [0.1, 0.15) is 0 Å². The van der Waals surface area contributed by atoms with Gasteiger partial charge in [0.05, 0.1) is 13.5 Å². The Morgan fingerprint density at radius 2 is 0.981 bits per heavy atom. The molecule has 0 N–H and O–H groups in total. The van der Waals surface area contributed by atoms with Gasteiger partial charge in [0, 0.05) is 17.1 Å². The lowest BCUT2D eigenvalue weighted by Gasteiger charge is -2.33. The van der Waals surface area contributed by atoms with Gasteiger partial charge in [-0.05, 0) is 112 Å². The topological polar surface area (TPSA) is 3.24 Å². The molecular weight excluding hydrogens is 667 g/mol. The molecule has 11 rings (SSSR count). The number of hydrogen-bond acceptors (Lipinski definition) is 1. The minimum Gasteiger partial charge on any atom is -0.311 e. The minimum atomic E-state index is -1.69. The van der Waals surface area contributed by atoms with Gasteiger partial charge in [0.15, 0.2) is 0 Å². The largest absolute Gasteiger partial charge is 0.311 e. The van der Waals surface area contributed by atoms with Crippen molar-refractivity contribution in [3.8, 4) is 22.3 Å². The number of nitrogens with zero attached hydrogens (tertiary/aromatic N) is 1. The van der Waals surface area contributed by atoms with Gasteiger partial charge in [-0.25, -0.2) is 0 Å². The molecule has 0 heterocycles. The molecule has 0 aliphatic heterocycles. The highest BCUT2D eigenvalue weighted by molar-refractivity contribution is 6.89. The van der Waals surface area contributed by atoms with Crippen molar-refractivity contribution in [2.45, 2.75) is 25.1 Å². The van der Waals surface area contributed by atoms with Gasteiger partial charge in [0.25, 0.3) is 0 Å². The van der Waals surface area contributed by atoms with Crippen LogP contribution in [0, 0.1) is 0 Å². The maximum atomic E-state index is 2.48. The first-order chi connectivity index (χ1) is 26.5. The van der Waals surface area contributed by atoms with Crippen molar-refractivity contribution < 1.29 is 0 Å².